The normalized spacial score (nSPS) is 9.88. The largest absolute Gasteiger partial charge is 0.305 e. The van der Waals surface area contributed by atoms with Gasteiger partial charge in [-0.2, -0.15) is 0 Å². The van der Waals surface area contributed by atoms with Crippen molar-refractivity contribution < 1.29 is 0 Å². The third kappa shape index (κ3) is 2.77. The molecule has 2 nitrogen and oxygen atoms in total. The molecular weight excluding hydrogens is 100 g/mol. The van der Waals surface area contributed by atoms with E-state index in [1.807, 2.05) is 20.2 Å². The highest BCUT2D eigenvalue weighted by atomic mass is 15.1. The van der Waals surface area contributed by atoms with Gasteiger partial charge >= 0.3 is 0 Å². The van der Waals surface area contributed by atoms with Gasteiger partial charge in [0.15, 0.2) is 0 Å². The third-order valence-electron chi connectivity index (χ3n) is 1.10. The van der Waals surface area contributed by atoms with Gasteiger partial charge in [-0.1, -0.05) is 6.08 Å². The maximum atomic E-state index is 3.62. The minimum atomic E-state index is 0.382. The molecule has 0 aliphatic rings. The fraction of sp³-hybridized carbons (Fsp3) is 0.667. The highest BCUT2D eigenvalue weighted by Crippen LogP contribution is 1.83. The summed E-state index contributed by atoms with van der Waals surface area (Å²) in [5.74, 6) is 0. The Morgan fingerprint density at radius 1 is 1.50 bits per heavy atom. The summed E-state index contributed by atoms with van der Waals surface area (Å²) in [7, 11) is 3.84. The smallest absolute Gasteiger partial charge is 0.0602 e. The predicted molar refractivity (Wildman–Crippen MR) is 36.7 cm³/mol. The van der Waals surface area contributed by atoms with Gasteiger partial charge in [-0.05, 0) is 20.5 Å². The van der Waals surface area contributed by atoms with E-state index < -0.39 is 0 Å². The lowest BCUT2D eigenvalue weighted by molar-refractivity contribution is 0.500. The summed E-state index contributed by atoms with van der Waals surface area (Å²) in [6.45, 7) is 3.62. The molecule has 0 aromatic carbocycles. The van der Waals surface area contributed by atoms with Crippen LogP contribution in [0.5, 0.6) is 0 Å². The van der Waals surface area contributed by atoms with Crippen LogP contribution in [-0.4, -0.2) is 20.3 Å². The second-order valence-corrected chi connectivity index (χ2v) is 1.65. The van der Waals surface area contributed by atoms with E-state index in [0.29, 0.717) is 6.17 Å². The molecule has 0 aliphatic carbocycles. The van der Waals surface area contributed by atoms with Gasteiger partial charge in [0, 0.05) is 0 Å². The molecule has 2 N–H and O–H groups in total. The third-order valence-corrected chi connectivity index (χ3v) is 1.10. The Hall–Kier alpha value is -0.340. The Morgan fingerprint density at radius 2 is 2.00 bits per heavy atom. The van der Waals surface area contributed by atoms with Crippen molar-refractivity contribution >= 4 is 0 Å². The van der Waals surface area contributed by atoms with Gasteiger partial charge in [0.25, 0.3) is 0 Å². The van der Waals surface area contributed by atoms with Crippen LogP contribution in [0.15, 0.2) is 12.7 Å². The van der Waals surface area contributed by atoms with Gasteiger partial charge < -0.3 is 10.6 Å². The van der Waals surface area contributed by atoms with Crippen LogP contribution >= 0.6 is 0 Å². The first-order valence-electron chi connectivity index (χ1n) is 2.80. The van der Waals surface area contributed by atoms with Gasteiger partial charge in [-0.15, -0.1) is 6.58 Å². The molecule has 0 aromatic rings. The molecule has 0 aromatic heterocycles. The van der Waals surface area contributed by atoms with Crippen LogP contribution in [0, 0.1) is 0 Å². The van der Waals surface area contributed by atoms with Crippen molar-refractivity contribution in [2.75, 3.05) is 14.1 Å². The van der Waals surface area contributed by atoms with Crippen molar-refractivity contribution in [3.63, 3.8) is 0 Å². The van der Waals surface area contributed by atoms with Gasteiger partial charge in [0.2, 0.25) is 0 Å². The predicted octanol–water partition coefficient (Wildman–Crippen LogP) is 0.327. The SMILES string of the molecule is C=CCC(NC)NC. The van der Waals surface area contributed by atoms with E-state index in [2.05, 4.69) is 17.2 Å². The highest BCUT2D eigenvalue weighted by Gasteiger charge is 1.94. The summed E-state index contributed by atoms with van der Waals surface area (Å²) in [6.07, 6.45) is 3.23. The molecule has 0 fully saturated rings. The zero-order valence-electron chi connectivity index (χ0n) is 5.57. The molecule has 8 heavy (non-hydrogen) atoms. The molecule has 2 heteroatoms. The fourth-order valence-corrected chi connectivity index (χ4v) is 0.547. The van der Waals surface area contributed by atoms with Crippen molar-refractivity contribution in [2.45, 2.75) is 12.6 Å². The van der Waals surface area contributed by atoms with Crippen LogP contribution in [0.4, 0.5) is 0 Å². The molecule has 0 rings (SSSR count). The molecule has 0 heterocycles. The summed E-state index contributed by atoms with van der Waals surface area (Å²) < 4.78 is 0. The van der Waals surface area contributed by atoms with Gasteiger partial charge in [-0.25, -0.2) is 0 Å². The lowest BCUT2D eigenvalue weighted by atomic mass is 10.3. The minimum Gasteiger partial charge on any atom is -0.305 e. The van der Waals surface area contributed by atoms with E-state index in [0.717, 1.165) is 6.42 Å². The van der Waals surface area contributed by atoms with Crippen molar-refractivity contribution in [3.8, 4) is 0 Å². The van der Waals surface area contributed by atoms with E-state index in [-0.39, 0.29) is 0 Å². The maximum absolute atomic E-state index is 3.62. The summed E-state index contributed by atoms with van der Waals surface area (Å²) in [6, 6.07) is 0. The van der Waals surface area contributed by atoms with Crippen molar-refractivity contribution in [1.29, 1.82) is 0 Å². The maximum Gasteiger partial charge on any atom is 0.0602 e. The zero-order valence-corrected chi connectivity index (χ0v) is 5.57. The number of nitrogens with one attached hydrogen (secondary N) is 2. The Bertz CT molecular complexity index is 57.5. The molecule has 0 amide bonds. The molecule has 0 aliphatic heterocycles. The van der Waals surface area contributed by atoms with Crippen LogP contribution in [0.1, 0.15) is 6.42 Å². The average Bonchev–Trinajstić information content (AvgIpc) is 1.83. The lowest BCUT2D eigenvalue weighted by Gasteiger charge is -2.10. The first-order chi connectivity index (χ1) is 3.85. The summed E-state index contributed by atoms with van der Waals surface area (Å²) >= 11 is 0. The van der Waals surface area contributed by atoms with Gasteiger partial charge in [0.1, 0.15) is 0 Å². The summed E-state index contributed by atoms with van der Waals surface area (Å²) in [4.78, 5) is 0. The van der Waals surface area contributed by atoms with Crippen molar-refractivity contribution in [1.82, 2.24) is 10.6 Å². The molecule has 0 radical (unpaired) electrons. The topological polar surface area (TPSA) is 24.1 Å². The molecule has 0 bridgehead atoms. The Kier molecular flexibility index (Phi) is 4.61. The van der Waals surface area contributed by atoms with Crippen LogP contribution in [-0.2, 0) is 0 Å². The van der Waals surface area contributed by atoms with Crippen molar-refractivity contribution in [3.05, 3.63) is 12.7 Å². The average molecular weight is 114 g/mol. The monoisotopic (exact) mass is 114 g/mol. The van der Waals surface area contributed by atoms with Crippen LogP contribution < -0.4 is 10.6 Å². The number of rotatable bonds is 4. The Labute approximate surface area is 51.0 Å². The molecule has 0 spiro atoms. The first kappa shape index (κ1) is 7.66. The van der Waals surface area contributed by atoms with Crippen LogP contribution in [0.25, 0.3) is 0 Å². The first-order valence-corrected chi connectivity index (χ1v) is 2.80. The molecule has 0 unspecified atom stereocenters. The zero-order chi connectivity index (χ0) is 6.41. The molecule has 0 saturated carbocycles. The number of hydrogen-bond donors (Lipinski definition) is 2. The van der Waals surface area contributed by atoms with Crippen molar-refractivity contribution in [2.24, 2.45) is 0 Å². The van der Waals surface area contributed by atoms with E-state index in [4.69, 9.17) is 0 Å². The van der Waals surface area contributed by atoms with Gasteiger partial charge in [-0.3, -0.25) is 0 Å². The van der Waals surface area contributed by atoms with E-state index >= 15 is 0 Å². The number of hydrogen-bond acceptors (Lipinski definition) is 2. The Balaban J connectivity index is 3.20. The molecule has 0 atom stereocenters. The van der Waals surface area contributed by atoms with Gasteiger partial charge in [0.05, 0.1) is 6.17 Å². The molecular formula is C6H14N2. The second kappa shape index (κ2) is 4.81. The van der Waals surface area contributed by atoms with E-state index in [9.17, 15) is 0 Å². The second-order valence-electron chi connectivity index (χ2n) is 1.65. The quantitative estimate of drug-likeness (QED) is 0.406. The lowest BCUT2D eigenvalue weighted by Crippen LogP contribution is -2.36. The van der Waals surface area contributed by atoms with Crippen LogP contribution in [0.3, 0.4) is 0 Å². The molecule has 48 valence electrons. The highest BCUT2D eigenvalue weighted by molar-refractivity contribution is 4.73. The minimum absolute atomic E-state index is 0.382. The fourth-order valence-electron chi connectivity index (χ4n) is 0.547. The summed E-state index contributed by atoms with van der Waals surface area (Å²) in [5.41, 5.74) is 0. The molecule has 0 saturated heterocycles. The Morgan fingerprint density at radius 3 is 2.12 bits per heavy atom. The van der Waals surface area contributed by atoms with Crippen LogP contribution in [0.2, 0.25) is 0 Å². The van der Waals surface area contributed by atoms with E-state index in [1.165, 1.54) is 0 Å². The standard InChI is InChI=1S/C6H14N2/c1-4-5-6(7-2)8-3/h4,6-8H,1,5H2,2-3H3. The van der Waals surface area contributed by atoms with E-state index in [1.54, 1.807) is 0 Å². The summed E-state index contributed by atoms with van der Waals surface area (Å²) in [5, 5.41) is 6.14.